The Morgan fingerprint density at radius 3 is 2.50 bits per heavy atom. The molecular weight excluding hydrogens is 326 g/mol. The van der Waals surface area contributed by atoms with Crippen molar-refractivity contribution < 1.29 is 9.53 Å². The maximum absolute atomic E-state index is 11.9. The van der Waals surface area contributed by atoms with Crippen molar-refractivity contribution in [3.8, 4) is 17.0 Å². The molecule has 0 radical (unpaired) electrons. The van der Waals surface area contributed by atoms with Crippen molar-refractivity contribution in [3.05, 3.63) is 65.9 Å². The first kappa shape index (κ1) is 17.7. The van der Waals surface area contributed by atoms with Gasteiger partial charge in [-0.3, -0.25) is 9.89 Å². The molecule has 0 atom stereocenters. The zero-order valence-electron chi connectivity index (χ0n) is 15.1. The van der Waals surface area contributed by atoms with Crippen molar-refractivity contribution in [2.24, 2.45) is 0 Å². The first-order valence-electron chi connectivity index (χ1n) is 8.75. The minimum atomic E-state index is 0.190. The zero-order valence-corrected chi connectivity index (χ0v) is 15.1. The number of carbonyl (C=O) groups excluding carboxylic acids is 1. The molecule has 1 aromatic heterocycles. The summed E-state index contributed by atoms with van der Waals surface area (Å²) >= 11 is 0. The first-order valence-corrected chi connectivity index (χ1v) is 8.75. The summed E-state index contributed by atoms with van der Waals surface area (Å²) in [6, 6.07) is 15.5. The van der Waals surface area contributed by atoms with Crippen LogP contribution in [-0.2, 0) is 6.54 Å². The van der Waals surface area contributed by atoms with Crippen molar-refractivity contribution >= 4 is 11.5 Å². The van der Waals surface area contributed by atoms with Crippen molar-refractivity contribution in [2.75, 3.05) is 12.4 Å². The second kappa shape index (κ2) is 8.34. The van der Waals surface area contributed by atoms with Crippen LogP contribution in [0.15, 0.2) is 54.7 Å². The largest absolute Gasteiger partial charge is 0.497 e. The fraction of sp³-hybridized carbons (Fsp3) is 0.238. The molecule has 1 heterocycles. The molecule has 0 amide bonds. The SMILES string of the molecule is CCCC(=O)c1ccc(NCc2cn[nH]c2-c2ccc(OC)cc2)cc1. The highest BCUT2D eigenvalue weighted by molar-refractivity contribution is 5.96. The molecule has 0 aliphatic heterocycles. The van der Waals surface area contributed by atoms with E-state index in [1.54, 1.807) is 7.11 Å². The Balaban J connectivity index is 1.67. The highest BCUT2D eigenvalue weighted by Gasteiger charge is 2.08. The van der Waals surface area contributed by atoms with Crippen LogP contribution < -0.4 is 10.1 Å². The van der Waals surface area contributed by atoms with E-state index in [1.807, 2.05) is 61.7 Å². The molecule has 0 spiro atoms. The van der Waals surface area contributed by atoms with Gasteiger partial charge in [-0.15, -0.1) is 0 Å². The molecule has 5 nitrogen and oxygen atoms in total. The lowest BCUT2D eigenvalue weighted by atomic mass is 10.1. The van der Waals surface area contributed by atoms with E-state index >= 15 is 0 Å². The van der Waals surface area contributed by atoms with E-state index in [9.17, 15) is 4.79 Å². The number of hydrogen-bond acceptors (Lipinski definition) is 4. The molecule has 0 unspecified atom stereocenters. The van der Waals surface area contributed by atoms with Gasteiger partial charge in [0.2, 0.25) is 0 Å². The maximum Gasteiger partial charge on any atom is 0.162 e. The van der Waals surface area contributed by atoms with Crippen molar-refractivity contribution in [2.45, 2.75) is 26.3 Å². The van der Waals surface area contributed by atoms with E-state index < -0.39 is 0 Å². The van der Waals surface area contributed by atoms with Gasteiger partial charge < -0.3 is 10.1 Å². The number of benzene rings is 2. The van der Waals surface area contributed by atoms with Crippen LogP contribution in [0.5, 0.6) is 5.75 Å². The van der Waals surface area contributed by atoms with Gasteiger partial charge in [-0.25, -0.2) is 0 Å². The fourth-order valence-electron chi connectivity index (χ4n) is 2.80. The van der Waals surface area contributed by atoms with E-state index in [-0.39, 0.29) is 5.78 Å². The normalized spacial score (nSPS) is 10.5. The van der Waals surface area contributed by atoms with Crippen LogP contribution in [-0.4, -0.2) is 23.1 Å². The molecule has 26 heavy (non-hydrogen) atoms. The van der Waals surface area contributed by atoms with Crippen LogP contribution in [0.4, 0.5) is 5.69 Å². The summed E-state index contributed by atoms with van der Waals surface area (Å²) in [5, 5.41) is 10.6. The average Bonchev–Trinajstić information content (AvgIpc) is 3.15. The number of H-pyrrole nitrogens is 1. The third-order valence-corrected chi connectivity index (χ3v) is 4.26. The number of nitrogens with one attached hydrogen (secondary N) is 2. The van der Waals surface area contributed by atoms with Crippen LogP contribution in [0.3, 0.4) is 0 Å². The van der Waals surface area contributed by atoms with Gasteiger partial charge in [0.25, 0.3) is 0 Å². The number of Topliss-reactive ketones (excluding diaryl/α,β-unsaturated/α-hetero) is 1. The minimum Gasteiger partial charge on any atom is -0.497 e. The Kier molecular flexibility index (Phi) is 5.69. The quantitative estimate of drug-likeness (QED) is 0.580. The Labute approximate surface area is 153 Å². The number of anilines is 1. The summed E-state index contributed by atoms with van der Waals surface area (Å²) in [5.41, 5.74) is 4.84. The van der Waals surface area contributed by atoms with Gasteiger partial charge >= 0.3 is 0 Å². The van der Waals surface area contributed by atoms with Gasteiger partial charge in [0.1, 0.15) is 5.75 Å². The number of ether oxygens (including phenoxy) is 1. The second-order valence-corrected chi connectivity index (χ2v) is 6.10. The third-order valence-electron chi connectivity index (χ3n) is 4.26. The zero-order chi connectivity index (χ0) is 18.4. The highest BCUT2D eigenvalue weighted by atomic mass is 16.5. The van der Waals surface area contributed by atoms with Crippen LogP contribution in [0.2, 0.25) is 0 Å². The molecule has 134 valence electrons. The molecule has 0 aliphatic rings. The summed E-state index contributed by atoms with van der Waals surface area (Å²) in [6.45, 7) is 2.65. The van der Waals surface area contributed by atoms with E-state index in [0.29, 0.717) is 13.0 Å². The predicted octanol–water partition coefficient (Wildman–Crippen LogP) is 4.68. The summed E-state index contributed by atoms with van der Waals surface area (Å²) in [4.78, 5) is 11.9. The number of ketones is 1. The summed E-state index contributed by atoms with van der Waals surface area (Å²) in [7, 11) is 1.65. The van der Waals surface area contributed by atoms with E-state index in [0.717, 1.165) is 40.2 Å². The van der Waals surface area contributed by atoms with E-state index in [2.05, 4.69) is 15.5 Å². The molecule has 3 rings (SSSR count). The van der Waals surface area contributed by atoms with Gasteiger partial charge in [0, 0.05) is 35.3 Å². The van der Waals surface area contributed by atoms with Crippen molar-refractivity contribution in [3.63, 3.8) is 0 Å². The number of methoxy groups -OCH3 is 1. The van der Waals surface area contributed by atoms with Crippen LogP contribution >= 0.6 is 0 Å². The lowest BCUT2D eigenvalue weighted by Gasteiger charge is -2.08. The Bertz CT molecular complexity index is 852. The predicted molar refractivity (Wildman–Crippen MR) is 104 cm³/mol. The smallest absolute Gasteiger partial charge is 0.162 e. The van der Waals surface area contributed by atoms with Gasteiger partial charge in [0.05, 0.1) is 19.0 Å². The molecule has 0 aliphatic carbocycles. The van der Waals surface area contributed by atoms with Crippen LogP contribution in [0, 0.1) is 0 Å². The summed E-state index contributed by atoms with van der Waals surface area (Å²) in [6.07, 6.45) is 3.28. The lowest BCUT2D eigenvalue weighted by Crippen LogP contribution is -2.02. The topological polar surface area (TPSA) is 67.0 Å². The molecule has 0 bridgehead atoms. The molecule has 0 saturated heterocycles. The number of aromatic nitrogens is 2. The minimum absolute atomic E-state index is 0.190. The number of rotatable bonds is 8. The Morgan fingerprint density at radius 2 is 1.85 bits per heavy atom. The maximum atomic E-state index is 11.9. The third kappa shape index (κ3) is 4.11. The number of carbonyl (C=O) groups is 1. The molecule has 0 fully saturated rings. The lowest BCUT2D eigenvalue weighted by molar-refractivity contribution is 0.0982. The number of nitrogens with zero attached hydrogens (tertiary/aromatic N) is 1. The van der Waals surface area contributed by atoms with Crippen LogP contribution in [0.25, 0.3) is 11.3 Å². The van der Waals surface area contributed by atoms with E-state index in [1.165, 1.54) is 0 Å². The van der Waals surface area contributed by atoms with Gasteiger partial charge in [-0.1, -0.05) is 6.92 Å². The molecule has 0 saturated carbocycles. The fourth-order valence-corrected chi connectivity index (χ4v) is 2.80. The first-order chi connectivity index (χ1) is 12.7. The Hall–Kier alpha value is -3.08. The molecular formula is C21H23N3O2. The van der Waals surface area contributed by atoms with Gasteiger partial charge in [-0.2, -0.15) is 5.10 Å². The van der Waals surface area contributed by atoms with Gasteiger partial charge in [-0.05, 0) is 55.0 Å². The van der Waals surface area contributed by atoms with Gasteiger partial charge in [0.15, 0.2) is 5.78 Å². The molecule has 5 heteroatoms. The highest BCUT2D eigenvalue weighted by Crippen LogP contribution is 2.24. The van der Waals surface area contributed by atoms with Crippen molar-refractivity contribution in [1.82, 2.24) is 10.2 Å². The van der Waals surface area contributed by atoms with E-state index in [4.69, 9.17) is 4.74 Å². The summed E-state index contributed by atoms with van der Waals surface area (Å²) in [5.74, 6) is 1.02. The summed E-state index contributed by atoms with van der Waals surface area (Å²) < 4.78 is 5.20. The monoisotopic (exact) mass is 349 g/mol. The second-order valence-electron chi connectivity index (χ2n) is 6.10. The van der Waals surface area contributed by atoms with Crippen molar-refractivity contribution in [1.29, 1.82) is 0 Å². The standard InChI is InChI=1S/C21H23N3O2/c1-3-4-20(25)15-5-9-18(10-6-15)22-13-17-14-23-24-21(17)16-7-11-19(26-2)12-8-16/h5-12,14,22H,3-4,13H2,1-2H3,(H,23,24). The number of aromatic amines is 1. The Morgan fingerprint density at radius 1 is 1.12 bits per heavy atom. The van der Waals surface area contributed by atoms with Crippen LogP contribution in [0.1, 0.15) is 35.7 Å². The molecule has 2 N–H and O–H groups in total. The molecule has 3 aromatic rings. The average molecular weight is 349 g/mol. The number of hydrogen-bond donors (Lipinski definition) is 2. The molecule has 2 aromatic carbocycles.